The molecule has 1 unspecified atom stereocenters. The second-order valence-electron chi connectivity index (χ2n) is 7.71. The highest BCUT2D eigenvalue weighted by atomic mass is 79.9. The van der Waals surface area contributed by atoms with Crippen molar-refractivity contribution in [2.24, 2.45) is 17.8 Å². The predicted octanol–water partition coefficient (Wildman–Crippen LogP) is 3.37. The fourth-order valence-electron chi connectivity index (χ4n) is 3.91. The molecule has 2 aliphatic carbocycles. The highest BCUT2D eigenvalue weighted by molar-refractivity contribution is 9.10. The molecule has 2 N–H and O–H groups in total. The minimum atomic E-state index is -0.698. The Bertz CT molecular complexity index is 913. The molecule has 9 heteroatoms. The fourth-order valence-corrected chi connectivity index (χ4v) is 4.12. The third-order valence-electron chi connectivity index (χ3n) is 5.60. The van der Waals surface area contributed by atoms with Gasteiger partial charge in [0.1, 0.15) is 23.4 Å². The molecule has 2 aromatic rings. The van der Waals surface area contributed by atoms with Crippen LogP contribution in [0.25, 0.3) is 0 Å². The summed E-state index contributed by atoms with van der Waals surface area (Å²) in [6.07, 6.45) is 7.15. The molecule has 7 nitrogen and oxygen atoms in total. The van der Waals surface area contributed by atoms with E-state index in [9.17, 15) is 14.0 Å². The lowest BCUT2D eigenvalue weighted by Crippen LogP contribution is -2.50. The van der Waals surface area contributed by atoms with Gasteiger partial charge in [0.25, 0.3) is 5.91 Å². The molecule has 4 rings (SSSR count). The van der Waals surface area contributed by atoms with E-state index in [4.69, 9.17) is 0 Å². The molecule has 154 valence electrons. The third kappa shape index (κ3) is 4.49. The average molecular weight is 464 g/mol. The number of hydrogen-bond donors (Lipinski definition) is 2. The molecule has 0 aromatic carbocycles. The molecule has 2 amide bonds. The summed E-state index contributed by atoms with van der Waals surface area (Å²) in [4.78, 5) is 30.1. The van der Waals surface area contributed by atoms with Crippen molar-refractivity contribution in [3.05, 3.63) is 40.5 Å². The lowest BCUT2D eigenvalue weighted by atomic mass is 9.88. The summed E-state index contributed by atoms with van der Waals surface area (Å²) in [5.41, 5.74) is 0.420. The van der Waals surface area contributed by atoms with Gasteiger partial charge in [-0.25, -0.2) is 9.37 Å². The number of nitrogens with zero attached hydrogens (tertiary/aromatic N) is 3. The molecule has 2 aromatic heterocycles. The summed E-state index contributed by atoms with van der Waals surface area (Å²) < 4.78 is 15.6. The van der Waals surface area contributed by atoms with E-state index >= 15 is 0 Å². The molecule has 2 aliphatic rings. The van der Waals surface area contributed by atoms with E-state index < -0.39 is 11.9 Å². The van der Waals surface area contributed by atoms with Gasteiger partial charge in [0.15, 0.2) is 0 Å². The van der Waals surface area contributed by atoms with Gasteiger partial charge < -0.3 is 10.6 Å². The summed E-state index contributed by atoms with van der Waals surface area (Å²) in [5, 5.41) is 9.76. The standard InChI is InChI=1S/C20H23BrFN5O2/c1-2-27-15(7-8-24-27)19(28)26-18(17(11-3-4-11)12-5-6-12)20(29)25-16-9-14(22)13(21)10-23-16/h7-12,17-18H,2-6H2,1H3,(H,26,28)(H,23,25,29). The Kier molecular flexibility index (Phi) is 5.67. The molecule has 0 radical (unpaired) electrons. The Balaban J connectivity index is 1.56. The summed E-state index contributed by atoms with van der Waals surface area (Å²) in [7, 11) is 0. The van der Waals surface area contributed by atoms with E-state index in [0.717, 1.165) is 31.7 Å². The van der Waals surface area contributed by atoms with Crippen LogP contribution in [-0.2, 0) is 11.3 Å². The van der Waals surface area contributed by atoms with Crippen LogP contribution in [0, 0.1) is 23.6 Å². The molecule has 2 fully saturated rings. The van der Waals surface area contributed by atoms with Crippen LogP contribution < -0.4 is 10.6 Å². The van der Waals surface area contributed by atoms with Crippen LogP contribution in [0.5, 0.6) is 0 Å². The number of carbonyl (C=O) groups is 2. The van der Waals surface area contributed by atoms with E-state index in [1.165, 1.54) is 6.20 Å². The van der Waals surface area contributed by atoms with E-state index in [0.29, 0.717) is 24.1 Å². The van der Waals surface area contributed by atoms with Crippen LogP contribution in [0.2, 0.25) is 0 Å². The van der Waals surface area contributed by atoms with Gasteiger partial charge in [-0.15, -0.1) is 0 Å². The number of rotatable bonds is 8. The predicted molar refractivity (Wildman–Crippen MR) is 109 cm³/mol. The normalized spacial score (nSPS) is 17.2. The van der Waals surface area contributed by atoms with Crippen molar-refractivity contribution in [3.8, 4) is 0 Å². The van der Waals surface area contributed by atoms with Crippen LogP contribution in [0.3, 0.4) is 0 Å². The van der Waals surface area contributed by atoms with Crippen molar-refractivity contribution in [3.63, 3.8) is 0 Å². The van der Waals surface area contributed by atoms with E-state index in [-0.39, 0.29) is 28.0 Å². The largest absolute Gasteiger partial charge is 0.339 e. The molecule has 2 saturated carbocycles. The second-order valence-corrected chi connectivity index (χ2v) is 8.56. The van der Waals surface area contributed by atoms with Crippen molar-refractivity contribution in [1.82, 2.24) is 20.1 Å². The lowest BCUT2D eigenvalue weighted by Gasteiger charge is -2.27. The maximum atomic E-state index is 13.8. The Hall–Kier alpha value is -2.29. The number of halogens is 2. The quantitative estimate of drug-likeness (QED) is 0.627. The van der Waals surface area contributed by atoms with Gasteiger partial charge >= 0.3 is 0 Å². The van der Waals surface area contributed by atoms with Crippen molar-refractivity contribution >= 4 is 33.6 Å². The first-order chi connectivity index (χ1) is 14.0. The molecule has 0 bridgehead atoms. The minimum Gasteiger partial charge on any atom is -0.339 e. The topological polar surface area (TPSA) is 88.9 Å². The number of carbonyl (C=O) groups excluding carboxylic acids is 2. The van der Waals surface area contributed by atoms with Gasteiger partial charge in [0.2, 0.25) is 5.91 Å². The minimum absolute atomic E-state index is 0.0808. The Morgan fingerprint density at radius 3 is 2.59 bits per heavy atom. The number of amides is 2. The second kappa shape index (κ2) is 8.22. The number of hydrogen-bond acceptors (Lipinski definition) is 4. The molecule has 1 atom stereocenters. The molecule has 0 spiro atoms. The van der Waals surface area contributed by atoms with Crippen LogP contribution >= 0.6 is 15.9 Å². The molecule has 0 saturated heterocycles. The highest BCUT2D eigenvalue weighted by Crippen LogP contribution is 2.50. The average Bonchev–Trinajstić information content (AvgIpc) is 3.64. The van der Waals surface area contributed by atoms with Crippen molar-refractivity contribution < 1.29 is 14.0 Å². The van der Waals surface area contributed by atoms with Gasteiger partial charge in [-0.3, -0.25) is 14.3 Å². The first-order valence-electron chi connectivity index (χ1n) is 9.92. The van der Waals surface area contributed by atoms with E-state index in [2.05, 4.69) is 36.6 Å². The number of aromatic nitrogens is 3. The number of pyridine rings is 1. The van der Waals surface area contributed by atoms with E-state index in [1.54, 1.807) is 16.9 Å². The summed E-state index contributed by atoms with van der Waals surface area (Å²) in [6, 6.07) is 2.11. The summed E-state index contributed by atoms with van der Waals surface area (Å²) in [5.74, 6) is -0.127. The third-order valence-corrected chi connectivity index (χ3v) is 6.18. The Labute approximate surface area is 176 Å². The van der Waals surface area contributed by atoms with Crippen LogP contribution in [0.1, 0.15) is 43.1 Å². The number of anilines is 1. The first-order valence-corrected chi connectivity index (χ1v) is 10.7. The monoisotopic (exact) mass is 463 g/mol. The van der Waals surface area contributed by atoms with Crippen molar-refractivity contribution in [2.45, 2.75) is 45.2 Å². The van der Waals surface area contributed by atoms with Crippen LogP contribution in [-0.4, -0.2) is 32.6 Å². The highest BCUT2D eigenvalue weighted by Gasteiger charge is 2.48. The van der Waals surface area contributed by atoms with Crippen molar-refractivity contribution in [1.29, 1.82) is 0 Å². The van der Waals surface area contributed by atoms with Gasteiger partial charge in [0.05, 0.1) is 4.47 Å². The molecular formula is C20H23BrFN5O2. The zero-order valence-electron chi connectivity index (χ0n) is 16.1. The molecule has 0 aliphatic heterocycles. The molecular weight excluding hydrogens is 441 g/mol. The van der Waals surface area contributed by atoms with Crippen LogP contribution in [0.15, 0.2) is 29.0 Å². The van der Waals surface area contributed by atoms with Crippen molar-refractivity contribution in [2.75, 3.05) is 5.32 Å². The Morgan fingerprint density at radius 1 is 1.31 bits per heavy atom. The Morgan fingerprint density at radius 2 is 2.00 bits per heavy atom. The lowest BCUT2D eigenvalue weighted by molar-refractivity contribution is -0.119. The zero-order valence-corrected chi connectivity index (χ0v) is 17.7. The maximum absolute atomic E-state index is 13.8. The first kappa shape index (κ1) is 20.0. The van der Waals surface area contributed by atoms with Crippen LogP contribution in [0.4, 0.5) is 10.2 Å². The van der Waals surface area contributed by atoms with Gasteiger partial charge in [-0.05, 0) is 72.4 Å². The zero-order chi connectivity index (χ0) is 20.5. The smallest absolute Gasteiger partial charge is 0.270 e. The molecule has 2 heterocycles. The number of nitrogens with one attached hydrogen (secondary N) is 2. The van der Waals surface area contributed by atoms with Gasteiger partial charge in [-0.1, -0.05) is 0 Å². The van der Waals surface area contributed by atoms with Gasteiger partial charge in [0, 0.05) is 25.0 Å². The van der Waals surface area contributed by atoms with E-state index in [1.807, 2.05) is 6.92 Å². The maximum Gasteiger partial charge on any atom is 0.270 e. The number of aryl methyl sites for hydroxylation is 1. The molecule has 29 heavy (non-hydrogen) atoms. The summed E-state index contributed by atoms with van der Waals surface area (Å²) in [6.45, 7) is 2.46. The van der Waals surface area contributed by atoms with Gasteiger partial charge in [-0.2, -0.15) is 5.10 Å². The fraction of sp³-hybridized carbons (Fsp3) is 0.500. The SMILES string of the molecule is CCn1nccc1C(=O)NC(C(=O)Nc1cc(F)c(Br)cn1)C(C1CC1)C1CC1. The summed E-state index contributed by atoms with van der Waals surface area (Å²) >= 11 is 3.06.